The minimum absolute atomic E-state index is 0.825. The maximum atomic E-state index is 5.66. The molecule has 0 amide bonds. The molecule has 3 rings (SSSR count). The Hall–Kier alpha value is -1.59. The summed E-state index contributed by atoms with van der Waals surface area (Å²) in [4.78, 5) is 2.55. The van der Waals surface area contributed by atoms with Crippen LogP contribution in [-0.2, 0) is 6.54 Å². The van der Waals surface area contributed by atoms with Crippen LogP contribution < -0.4 is 5.32 Å². The molecule has 0 spiro atoms. The van der Waals surface area contributed by atoms with Crippen molar-refractivity contribution in [2.24, 2.45) is 0 Å². The first kappa shape index (κ1) is 14.4. The van der Waals surface area contributed by atoms with Gasteiger partial charge in [-0.05, 0) is 64.5 Å². The second-order valence-electron chi connectivity index (χ2n) is 5.76. The lowest BCUT2D eigenvalue weighted by Crippen LogP contribution is -2.24. The Balaban J connectivity index is 1.44. The van der Waals surface area contributed by atoms with Crippen molar-refractivity contribution in [3.05, 3.63) is 29.7 Å². The fourth-order valence-electron chi connectivity index (χ4n) is 2.88. The number of nitrogens with zero attached hydrogens (tertiary/aromatic N) is 2. The SMILES string of the molecule is Cc1ccc(-c2[nH]ncc2CNCCCN2CCCC2)o1. The van der Waals surface area contributed by atoms with E-state index in [-0.39, 0.29) is 0 Å². The normalized spacial score (nSPS) is 15.9. The standard InChI is InChI=1S/C16H24N4O/c1-13-5-6-15(21-13)16-14(12-18-19-16)11-17-7-4-10-20-8-2-3-9-20/h5-6,12,17H,2-4,7-11H2,1H3,(H,18,19). The van der Waals surface area contributed by atoms with Gasteiger partial charge in [-0.3, -0.25) is 5.10 Å². The van der Waals surface area contributed by atoms with Gasteiger partial charge in [0.25, 0.3) is 0 Å². The van der Waals surface area contributed by atoms with E-state index in [9.17, 15) is 0 Å². The molecule has 0 atom stereocenters. The maximum absolute atomic E-state index is 5.66. The molecule has 2 aromatic rings. The highest BCUT2D eigenvalue weighted by Crippen LogP contribution is 2.23. The highest BCUT2D eigenvalue weighted by atomic mass is 16.3. The van der Waals surface area contributed by atoms with Crippen molar-refractivity contribution >= 4 is 0 Å². The number of nitrogens with one attached hydrogen (secondary N) is 2. The van der Waals surface area contributed by atoms with E-state index in [2.05, 4.69) is 20.4 Å². The lowest BCUT2D eigenvalue weighted by atomic mass is 10.2. The number of hydrogen-bond acceptors (Lipinski definition) is 4. The fourth-order valence-corrected chi connectivity index (χ4v) is 2.88. The highest BCUT2D eigenvalue weighted by molar-refractivity contribution is 5.56. The van der Waals surface area contributed by atoms with Crippen molar-refractivity contribution in [1.29, 1.82) is 0 Å². The molecule has 0 unspecified atom stereocenters. The predicted molar refractivity (Wildman–Crippen MR) is 83.0 cm³/mol. The van der Waals surface area contributed by atoms with Gasteiger partial charge in [0.15, 0.2) is 5.76 Å². The van der Waals surface area contributed by atoms with Gasteiger partial charge in [-0.15, -0.1) is 0 Å². The van der Waals surface area contributed by atoms with Crippen LogP contribution >= 0.6 is 0 Å². The second kappa shape index (κ2) is 6.91. The first-order valence-corrected chi connectivity index (χ1v) is 7.85. The van der Waals surface area contributed by atoms with E-state index in [1.807, 2.05) is 25.3 Å². The summed E-state index contributed by atoms with van der Waals surface area (Å²) in [5.74, 6) is 1.78. The van der Waals surface area contributed by atoms with Crippen molar-refractivity contribution in [1.82, 2.24) is 20.4 Å². The van der Waals surface area contributed by atoms with Crippen molar-refractivity contribution in [3.63, 3.8) is 0 Å². The number of aromatic nitrogens is 2. The Morgan fingerprint density at radius 2 is 2.19 bits per heavy atom. The van der Waals surface area contributed by atoms with Crippen molar-refractivity contribution in [2.45, 2.75) is 32.7 Å². The van der Waals surface area contributed by atoms with E-state index < -0.39 is 0 Å². The Morgan fingerprint density at radius 3 is 2.95 bits per heavy atom. The molecular weight excluding hydrogens is 264 g/mol. The molecular formula is C16H24N4O. The molecule has 0 aromatic carbocycles. The Morgan fingerprint density at radius 1 is 1.33 bits per heavy atom. The lowest BCUT2D eigenvalue weighted by Gasteiger charge is -2.14. The first-order chi connectivity index (χ1) is 10.3. The molecule has 0 bridgehead atoms. The average Bonchev–Trinajstić information content (AvgIpc) is 3.19. The number of furan rings is 1. The van der Waals surface area contributed by atoms with Crippen molar-refractivity contribution < 1.29 is 4.42 Å². The minimum atomic E-state index is 0.825. The Kier molecular flexibility index (Phi) is 4.72. The number of aromatic amines is 1. The van der Waals surface area contributed by atoms with Crippen LogP contribution in [0, 0.1) is 6.92 Å². The van der Waals surface area contributed by atoms with Gasteiger partial charge < -0.3 is 14.6 Å². The smallest absolute Gasteiger partial charge is 0.152 e. The van der Waals surface area contributed by atoms with Gasteiger partial charge >= 0.3 is 0 Å². The predicted octanol–water partition coefficient (Wildman–Crippen LogP) is 2.55. The fraction of sp³-hybridized carbons (Fsp3) is 0.562. The topological polar surface area (TPSA) is 57.1 Å². The van der Waals surface area contributed by atoms with Crippen LogP contribution in [-0.4, -0.2) is 41.3 Å². The molecule has 1 aliphatic heterocycles. The third-order valence-corrected chi connectivity index (χ3v) is 4.05. The third kappa shape index (κ3) is 3.74. The van der Waals surface area contributed by atoms with Crippen LogP contribution in [0.3, 0.4) is 0 Å². The molecule has 2 aromatic heterocycles. The summed E-state index contributed by atoms with van der Waals surface area (Å²) >= 11 is 0. The summed E-state index contributed by atoms with van der Waals surface area (Å²) in [6.07, 6.45) is 5.82. The average molecular weight is 288 g/mol. The first-order valence-electron chi connectivity index (χ1n) is 7.85. The van der Waals surface area contributed by atoms with Crippen molar-refractivity contribution in [2.75, 3.05) is 26.2 Å². The van der Waals surface area contributed by atoms with Gasteiger partial charge in [0.05, 0.1) is 6.20 Å². The molecule has 2 N–H and O–H groups in total. The summed E-state index contributed by atoms with van der Waals surface area (Å²) in [6.45, 7) is 7.59. The summed E-state index contributed by atoms with van der Waals surface area (Å²) in [7, 11) is 0. The molecule has 0 saturated carbocycles. The molecule has 0 radical (unpaired) electrons. The summed E-state index contributed by atoms with van der Waals surface area (Å²) in [5.41, 5.74) is 2.14. The molecule has 1 fully saturated rings. The molecule has 1 saturated heterocycles. The largest absolute Gasteiger partial charge is 0.460 e. The van der Waals surface area contributed by atoms with Gasteiger partial charge in [0.2, 0.25) is 0 Å². The van der Waals surface area contributed by atoms with E-state index >= 15 is 0 Å². The van der Waals surface area contributed by atoms with E-state index in [0.717, 1.165) is 35.9 Å². The number of H-pyrrole nitrogens is 1. The number of rotatable bonds is 7. The van der Waals surface area contributed by atoms with Crippen LogP contribution in [0.5, 0.6) is 0 Å². The van der Waals surface area contributed by atoms with E-state index in [4.69, 9.17) is 4.42 Å². The minimum Gasteiger partial charge on any atom is -0.460 e. The molecule has 114 valence electrons. The van der Waals surface area contributed by atoms with Gasteiger partial charge in [-0.2, -0.15) is 5.10 Å². The molecule has 21 heavy (non-hydrogen) atoms. The summed E-state index contributed by atoms with van der Waals surface area (Å²) in [6, 6.07) is 3.96. The number of aryl methyl sites for hydroxylation is 1. The van der Waals surface area contributed by atoms with Gasteiger partial charge in [0, 0.05) is 12.1 Å². The monoisotopic (exact) mass is 288 g/mol. The van der Waals surface area contributed by atoms with Crippen molar-refractivity contribution in [3.8, 4) is 11.5 Å². The van der Waals surface area contributed by atoms with Gasteiger partial charge in [-0.25, -0.2) is 0 Å². The number of likely N-dealkylation sites (tertiary alicyclic amines) is 1. The van der Waals surface area contributed by atoms with Gasteiger partial charge in [-0.1, -0.05) is 0 Å². The number of hydrogen-bond donors (Lipinski definition) is 2. The van der Waals surface area contributed by atoms with E-state index in [1.165, 1.54) is 38.9 Å². The third-order valence-electron chi connectivity index (χ3n) is 4.05. The zero-order valence-electron chi connectivity index (χ0n) is 12.7. The lowest BCUT2D eigenvalue weighted by molar-refractivity contribution is 0.331. The van der Waals surface area contributed by atoms with E-state index in [0.29, 0.717) is 0 Å². The van der Waals surface area contributed by atoms with Crippen LogP contribution in [0.25, 0.3) is 11.5 Å². The Bertz CT molecular complexity index is 554. The van der Waals surface area contributed by atoms with Crippen LogP contribution in [0.2, 0.25) is 0 Å². The zero-order valence-corrected chi connectivity index (χ0v) is 12.7. The second-order valence-corrected chi connectivity index (χ2v) is 5.76. The molecule has 0 aliphatic carbocycles. The molecule has 5 heteroatoms. The Labute approximate surface area is 125 Å². The molecule has 5 nitrogen and oxygen atoms in total. The van der Waals surface area contributed by atoms with E-state index in [1.54, 1.807) is 0 Å². The molecule has 1 aliphatic rings. The summed E-state index contributed by atoms with van der Waals surface area (Å²) in [5, 5.41) is 10.7. The summed E-state index contributed by atoms with van der Waals surface area (Å²) < 4.78 is 5.66. The maximum Gasteiger partial charge on any atom is 0.152 e. The van der Waals surface area contributed by atoms with Crippen LogP contribution in [0.15, 0.2) is 22.7 Å². The highest BCUT2D eigenvalue weighted by Gasteiger charge is 2.12. The zero-order chi connectivity index (χ0) is 14.5. The van der Waals surface area contributed by atoms with Gasteiger partial charge in [0.1, 0.15) is 11.5 Å². The molecule has 3 heterocycles. The van der Waals surface area contributed by atoms with Crippen LogP contribution in [0.1, 0.15) is 30.6 Å². The van der Waals surface area contributed by atoms with Crippen LogP contribution in [0.4, 0.5) is 0 Å². The quantitative estimate of drug-likeness (QED) is 0.769.